The van der Waals surface area contributed by atoms with Gasteiger partial charge in [0.2, 0.25) is 0 Å². The molecule has 3 N–H and O–H groups in total. The van der Waals surface area contributed by atoms with Crippen LogP contribution in [0, 0.1) is 11.6 Å². The van der Waals surface area contributed by atoms with Gasteiger partial charge in [-0.3, -0.25) is 0 Å². The molecule has 0 aliphatic carbocycles. The molecule has 2 aromatic carbocycles. The molecule has 2 aromatic rings. The summed E-state index contributed by atoms with van der Waals surface area (Å²) in [6.07, 6.45) is 0.146. The van der Waals surface area contributed by atoms with Crippen molar-refractivity contribution >= 4 is 0 Å². The van der Waals surface area contributed by atoms with E-state index >= 15 is 0 Å². The molecule has 0 aromatic heterocycles. The van der Waals surface area contributed by atoms with Gasteiger partial charge in [0, 0.05) is 12.0 Å². The number of benzene rings is 2. The molecule has 0 radical (unpaired) electrons. The van der Waals surface area contributed by atoms with Gasteiger partial charge < -0.3 is 10.8 Å². The van der Waals surface area contributed by atoms with Gasteiger partial charge in [0.25, 0.3) is 0 Å². The second-order valence-corrected chi connectivity index (χ2v) is 4.89. The van der Waals surface area contributed by atoms with Crippen LogP contribution in [0.4, 0.5) is 8.78 Å². The molecule has 0 saturated carbocycles. The van der Waals surface area contributed by atoms with Crippen molar-refractivity contribution in [1.82, 2.24) is 0 Å². The fraction of sp³-hybridized carbons (Fsp3) is 0.250. The molecule has 106 valence electrons. The van der Waals surface area contributed by atoms with E-state index in [1.54, 1.807) is 36.4 Å². The summed E-state index contributed by atoms with van der Waals surface area (Å²) in [7, 11) is 0. The number of hydrogen-bond acceptors (Lipinski definition) is 2. The van der Waals surface area contributed by atoms with Gasteiger partial charge in [0.1, 0.15) is 11.6 Å². The first-order chi connectivity index (χ1) is 9.63. The van der Waals surface area contributed by atoms with E-state index in [4.69, 9.17) is 5.73 Å². The number of rotatable bonds is 5. The molecule has 2 nitrogen and oxygen atoms in total. The summed E-state index contributed by atoms with van der Waals surface area (Å²) in [5.41, 5.74) is 5.47. The number of hydrogen-bond donors (Lipinski definition) is 2. The Hall–Kier alpha value is -1.78. The van der Waals surface area contributed by atoms with Crippen LogP contribution in [-0.4, -0.2) is 18.3 Å². The normalized spacial score (nSPS) is 14.0. The van der Waals surface area contributed by atoms with Crippen LogP contribution in [0.5, 0.6) is 0 Å². The minimum atomic E-state index is -1.02. The quantitative estimate of drug-likeness (QED) is 0.881. The highest BCUT2D eigenvalue weighted by atomic mass is 19.1. The Morgan fingerprint density at radius 1 is 0.950 bits per heavy atom. The van der Waals surface area contributed by atoms with Crippen LogP contribution in [0.3, 0.4) is 0 Å². The monoisotopic (exact) mass is 277 g/mol. The van der Waals surface area contributed by atoms with E-state index in [1.165, 1.54) is 12.1 Å². The van der Waals surface area contributed by atoms with Crippen LogP contribution in [-0.2, 0) is 11.8 Å². The molecule has 0 saturated heterocycles. The Morgan fingerprint density at radius 3 is 2.10 bits per heavy atom. The van der Waals surface area contributed by atoms with E-state index in [-0.39, 0.29) is 25.4 Å². The van der Waals surface area contributed by atoms with Crippen LogP contribution >= 0.6 is 0 Å². The Bertz CT molecular complexity index is 582. The van der Waals surface area contributed by atoms with Crippen molar-refractivity contribution in [3.63, 3.8) is 0 Å². The predicted molar refractivity (Wildman–Crippen MR) is 74.3 cm³/mol. The maximum atomic E-state index is 14.0. The zero-order valence-electron chi connectivity index (χ0n) is 11.0. The van der Waals surface area contributed by atoms with Crippen LogP contribution in [0.2, 0.25) is 0 Å². The van der Waals surface area contributed by atoms with E-state index in [0.29, 0.717) is 11.1 Å². The molecule has 20 heavy (non-hydrogen) atoms. The smallest absolute Gasteiger partial charge is 0.127 e. The fourth-order valence-corrected chi connectivity index (χ4v) is 2.38. The van der Waals surface area contributed by atoms with Gasteiger partial charge in [-0.05, 0) is 29.7 Å². The van der Waals surface area contributed by atoms with E-state index in [0.717, 1.165) is 0 Å². The van der Waals surface area contributed by atoms with E-state index in [1.807, 2.05) is 0 Å². The zero-order valence-corrected chi connectivity index (χ0v) is 11.0. The summed E-state index contributed by atoms with van der Waals surface area (Å²) in [4.78, 5) is 0. The Kier molecular flexibility index (Phi) is 4.47. The summed E-state index contributed by atoms with van der Waals surface area (Å²) in [5, 5.41) is 9.74. The highest BCUT2D eigenvalue weighted by molar-refractivity contribution is 5.32. The summed E-state index contributed by atoms with van der Waals surface area (Å²) in [5.74, 6) is -0.821. The van der Waals surface area contributed by atoms with Crippen molar-refractivity contribution in [2.75, 3.05) is 13.2 Å². The lowest BCUT2D eigenvalue weighted by atomic mass is 9.76. The zero-order chi connectivity index (χ0) is 14.6. The first-order valence-corrected chi connectivity index (χ1v) is 6.42. The number of nitrogens with two attached hydrogens (primary N) is 1. The first-order valence-electron chi connectivity index (χ1n) is 6.42. The lowest BCUT2D eigenvalue weighted by Gasteiger charge is -2.31. The summed E-state index contributed by atoms with van der Waals surface area (Å²) >= 11 is 0. The maximum absolute atomic E-state index is 14.0. The molecule has 1 atom stereocenters. The van der Waals surface area contributed by atoms with Gasteiger partial charge in [-0.2, -0.15) is 0 Å². The number of halogens is 2. The molecule has 0 heterocycles. The molecular weight excluding hydrogens is 260 g/mol. The molecule has 4 heteroatoms. The average molecular weight is 277 g/mol. The summed E-state index contributed by atoms with van der Waals surface area (Å²) < 4.78 is 27.8. The molecule has 0 aliphatic heterocycles. The summed E-state index contributed by atoms with van der Waals surface area (Å²) in [6, 6.07) is 12.4. The van der Waals surface area contributed by atoms with E-state index < -0.39 is 11.2 Å². The van der Waals surface area contributed by atoms with Gasteiger partial charge in [0.05, 0.1) is 6.61 Å². The van der Waals surface area contributed by atoms with Crippen molar-refractivity contribution in [3.05, 3.63) is 71.3 Å². The topological polar surface area (TPSA) is 46.2 Å². The van der Waals surface area contributed by atoms with Crippen LogP contribution < -0.4 is 5.73 Å². The van der Waals surface area contributed by atoms with Gasteiger partial charge >= 0.3 is 0 Å². The van der Waals surface area contributed by atoms with Crippen LogP contribution in [0.1, 0.15) is 11.1 Å². The first kappa shape index (κ1) is 14.6. The molecule has 0 amide bonds. The van der Waals surface area contributed by atoms with Gasteiger partial charge in [-0.25, -0.2) is 8.78 Å². The largest absolute Gasteiger partial charge is 0.395 e. The van der Waals surface area contributed by atoms with Crippen molar-refractivity contribution in [2.24, 2.45) is 5.73 Å². The van der Waals surface area contributed by atoms with Crippen molar-refractivity contribution < 1.29 is 13.9 Å². The number of aliphatic hydroxyl groups is 1. The van der Waals surface area contributed by atoms with Crippen LogP contribution in [0.25, 0.3) is 0 Å². The third-order valence-corrected chi connectivity index (χ3v) is 3.63. The molecule has 1 unspecified atom stereocenters. The highest BCUT2D eigenvalue weighted by Gasteiger charge is 2.33. The van der Waals surface area contributed by atoms with Gasteiger partial charge in [0.15, 0.2) is 0 Å². The molecule has 2 rings (SSSR count). The maximum Gasteiger partial charge on any atom is 0.127 e. The van der Waals surface area contributed by atoms with E-state index in [2.05, 4.69) is 0 Å². The SMILES string of the molecule is NCC(CO)(Cc1ccccc1F)c1ccccc1F. The third kappa shape index (κ3) is 2.71. The van der Waals surface area contributed by atoms with Gasteiger partial charge in [-0.15, -0.1) is 0 Å². The third-order valence-electron chi connectivity index (χ3n) is 3.63. The molecule has 0 fully saturated rings. The van der Waals surface area contributed by atoms with E-state index in [9.17, 15) is 13.9 Å². The van der Waals surface area contributed by atoms with Crippen molar-refractivity contribution in [2.45, 2.75) is 11.8 Å². The standard InChI is InChI=1S/C16H17F2NO/c17-14-7-3-1-5-12(14)9-16(10-19,11-20)13-6-2-4-8-15(13)18/h1-8,20H,9-11,19H2. The molecule has 0 spiro atoms. The Morgan fingerprint density at radius 2 is 1.55 bits per heavy atom. The second-order valence-electron chi connectivity index (χ2n) is 4.89. The van der Waals surface area contributed by atoms with Crippen molar-refractivity contribution in [1.29, 1.82) is 0 Å². The average Bonchev–Trinajstić information content (AvgIpc) is 2.48. The Labute approximate surface area is 116 Å². The minimum absolute atomic E-state index is 0.0266. The highest BCUT2D eigenvalue weighted by Crippen LogP contribution is 2.30. The van der Waals surface area contributed by atoms with Crippen LogP contribution in [0.15, 0.2) is 48.5 Å². The fourth-order valence-electron chi connectivity index (χ4n) is 2.38. The Balaban J connectivity index is 2.46. The van der Waals surface area contributed by atoms with Gasteiger partial charge in [-0.1, -0.05) is 36.4 Å². The number of aliphatic hydroxyl groups excluding tert-OH is 1. The molecule has 0 bridgehead atoms. The summed E-state index contributed by atoms with van der Waals surface area (Å²) in [6.45, 7) is -0.322. The van der Waals surface area contributed by atoms with Crippen molar-refractivity contribution in [3.8, 4) is 0 Å². The molecular formula is C16H17F2NO. The molecule has 0 aliphatic rings. The minimum Gasteiger partial charge on any atom is -0.395 e. The lowest BCUT2D eigenvalue weighted by molar-refractivity contribution is 0.191. The lowest BCUT2D eigenvalue weighted by Crippen LogP contribution is -2.42. The predicted octanol–water partition coefficient (Wildman–Crippen LogP) is 2.40. The second kappa shape index (κ2) is 6.11.